The summed E-state index contributed by atoms with van der Waals surface area (Å²) in [5, 5.41) is 7.42. The largest absolute Gasteiger partial charge is 0.484 e. The van der Waals surface area contributed by atoms with Crippen LogP contribution in [0, 0.1) is 12.3 Å². The summed E-state index contributed by atoms with van der Waals surface area (Å²) in [7, 11) is -3.33. The summed E-state index contributed by atoms with van der Waals surface area (Å²) in [6, 6.07) is 5.03. The predicted octanol–water partition coefficient (Wildman–Crippen LogP) is 1.76. The zero-order chi connectivity index (χ0) is 14.5. The maximum absolute atomic E-state index is 11.2. The molecule has 0 saturated carbocycles. The number of rotatable bonds is 6. The van der Waals surface area contributed by atoms with Gasteiger partial charge in [-0.15, -0.1) is 0 Å². The Morgan fingerprint density at radius 1 is 1.42 bits per heavy atom. The number of aryl methyl sites for hydroxylation is 1. The molecule has 1 aromatic rings. The van der Waals surface area contributed by atoms with E-state index in [4.69, 9.17) is 14.9 Å². The minimum absolute atomic E-state index is 0.00914. The molecule has 0 atom stereocenters. The Hall–Kier alpha value is -1.76. The lowest BCUT2D eigenvalue weighted by Crippen LogP contribution is -2.14. The molecule has 2 N–H and O–H groups in total. The van der Waals surface area contributed by atoms with E-state index < -0.39 is 10.0 Å². The number of ether oxygens (including phenoxy) is 2. The second-order valence-corrected chi connectivity index (χ2v) is 5.74. The monoisotopic (exact) mass is 286 g/mol. The van der Waals surface area contributed by atoms with Crippen LogP contribution in [0.5, 0.6) is 5.75 Å². The summed E-state index contributed by atoms with van der Waals surface area (Å²) in [4.78, 5) is 0. The number of benzene rings is 1. The maximum atomic E-state index is 11.2. The molecule has 106 valence electrons. The minimum Gasteiger partial charge on any atom is -0.484 e. The molecule has 0 unspecified atom stereocenters. The van der Waals surface area contributed by atoms with Crippen molar-refractivity contribution in [2.75, 3.05) is 24.2 Å². The molecule has 0 fully saturated rings. The third-order valence-electron chi connectivity index (χ3n) is 2.19. The van der Waals surface area contributed by atoms with Crippen molar-refractivity contribution in [3.63, 3.8) is 0 Å². The molecule has 0 heterocycles. The predicted molar refractivity (Wildman–Crippen MR) is 74.5 cm³/mol. The molecule has 6 nitrogen and oxygen atoms in total. The number of hydrogen-bond donors (Lipinski definition) is 2. The van der Waals surface area contributed by atoms with E-state index in [1.807, 2.05) is 0 Å². The van der Waals surface area contributed by atoms with Crippen molar-refractivity contribution < 1.29 is 17.9 Å². The van der Waals surface area contributed by atoms with E-state index in [9.17, 15) is 8.42 Å². The molecule has 1 aromatic carbocycles. The van der Waals surface area contributed by atoms with Gasteiger partial charge in [-0.25, -0.2) is 8.42 Å². The number of hydrogen-bond acceptors (Lipinski definition) is 5. The van der Waals surface area contributed by atoms with Crippen LogP contribution < -0.4 is 9.46 Å². The quantitative estimate of drug-likeness (QED) is 0.616. The zero-order valence-electron chi connectivity index (χ0n) is 11.2. The summed E-state index contributed by atoms with van der Waals surface area (Å²) in [5.41, 5.74) is 1.25. The molecule has 0 bridgehead atoms. The number of nitrogens with one attached hydrogen (secondary N) is 2. The molecule has 0 aliphatic heterocycles. The average Bonchev–Trinajstić information content (AvgIpc) is 2.29. The highest BCUT2D eigenvalue weighted by Crippen LogP contribution is 2.22. The van der Waals surface area contributed by atoms with Crippen molar-refractivity contribution in [2.24, 2.45) is 0 Å². The van der Waals surface area contributed by atoms with E-state index >= 15 is 0 Å². The van der Waals surface area contributed by atoms with Crippen molar-refractivity contribution in [2.45, 2.75) is 13.8 Å². The summed E-state index contributed by atoms with van der Waals surface area (Å²) in [6.45, 7) is 4.00. The SMILES string of the molecule is CCOC(=N)COc1ccc(C)c(NS(C)(=O)=O)c1. The number of anilines is 1. The van der Waals surface area contributed by atoms with Gasteiger partial charge in [-0.2, -0.15) is 0 Å². The zero-order valence-corrected chi connectivity index (χ0v) is 12.0. The lowest BCUT2D eigenvalue weighted by molar-refractivity contribution is 0.273. The molecule has 0 aromatic heterocycles. The van der Waals surface area contributed by atoms with Crippen LogP contribution in [-0.2, 0) is 14.8 Å². The van der Waals surface area contributed by atoms with Crippen LogP contribution in [0.3, 0.4) is 0 Å². The van der Waals surface area contributed by atoms with Crippen LogP contribution in [0.4, 0.5) is 5.69 Å². The first-order valence-electron chi connectivity index (χ1n) is 5.73. The molecule has 0 aliphatic carbocycles. The Bertz CT molecular complexity index is 555. The second-order valence-electron chi connectivity index (χ2n) is 4.00. The van der Waals surface area contributed by atoms with Crippen LogP contribution in [-0.4, -0.2) is 33.8 Å². The highest BCUT2D eigenvalue weighted by atomic mass is 32.2. The lowest BCUT2D eigenvalue weighted by Gasteiger charge is -2.11. The van der Waals surface area contributed by atoms with Crippen LogP contribution >= 0.6 is 0 Å². The van der Waals surface area contributed by atoms with E-state index in [0.717, 1.165) is 11.8 Å². The molecule has 0 aliphatic rings. The molecule has 0 radical (unpaired) electrons. The molecule has 0 spiro atoms. The minimum atomic E-state index is -3.33. The van der Waals surface area contributed by atoms with Gasteiger partial charge in [0.1, 0.15) is 5.75 Å². The van der Waals surface area contributed by atoms with Crippen molar-refractivity contribution in [1.29, 1.82) is 5.41 Å². The highest BCUT2D eigenvalue weighted by Gasteiger charge is 2.07. The van der Waals surface area contributed by atoms with E-state index in [2.05, 4.69) is 4.72 Å². The van der Waals surface area contributed by atoms with Crippen molar-refractivity contribution in [3.05, 3.63) is 23.8 Å². The standard InChI is InChI=1S/C12H18N2O4S/c1-4-17-12(13)8-18-10-6-5-9(2)11(7-10)14-19(3,15)16/h5-7,13-14H,4,8H2,1-3H3. The van der Waals surface area contributed by atoms with E-state index in [0.29, 0.717) is 18.0 Å². The molecule has 0 saturated heterocycles. The van der Waals surface area contributed by atoms with E-state index in [-0.39, 0.29) is 12.5 Å². The fraction of sp³-hybridized carbons (Fsp3) is 0.417. The Kier molecular flexibility index (Phi) is 5.17. The molecular formula is C12H18N2O4S. The maximum Gasteiger partial charge on any atom is 0.229 e. The summed E-state index contributed by atoms with van der Waals surface area (Å²) >= 11 is 0. The molecule has 19 heavy (non-hydrogen) atoms. The highest BCUT2D eigenvalue weighted by molar-refractivity contribution is 7.92. The fourth-order valence-corrected chi connectivity index (χ4v) is 1.98. The normalized spacial score (nSPS) is 10.9. The summed E-state index contributed by atoms with van der Waals surface area (Å²) < 4.78 is 35.1. The van der Waals surface area contributed by atoms with Gasteiger partial charge in [-0.1, -0.05) is 6.07 Å². The van der Waals surface area contributed by atoms with Crippen LogP contribution in [0.1, 0.15) is 12.5 Å². The van der Waals surface area contributed by atoms with Gasteiger partial charge in [0.15, 0.2) is 6.61 Å². The van der Waals surface area contributed by atoms with Crippen LogP contribution in [0.25, 0.3) is 0 Å². The van der Waals surface area contributed by atoms with Crippen molar-refractivity contribution in [1.82, 2.24) is 0 Å². The molecule has 7 heteroatoms. The smallest absolute Gasteiger partial charge is 0.229 e. The van der Waals surface area contributed by atoms with Crippen molar-refractivity contribution in [3.8, 4) is 5.75 Å². The van der Waals surface area contributed by atoms with Gasteiger partial charge in [0.25, 0.3) is 0 Å². The van der Waals surface area contributed by atoms with Gasteiger partial charge in [0.2, 0.25) is 15.9 Å². The van der Waals surface area contributed by atoms with E-state index in [1.54, 1.807) is 32.0 Å². The lowest BCUT2D eigenvalue weighted by atomic mass is 10.2. The Balaban J connectivity index is 2.76. The fourth-order valence-electron chi connectivity index (χ4n) is 1.37. The van der Waals surface area contributed by atoms with E-state index in [1.165, 1.54) is 0 Å². The molecular weight excluding hydrogens is 268 g/mol. The first-order chi connectivity index (χ1) is 8.81. The van der Waals surface area contributed by atoms with Gasteiger partial charge < -0.3 is 9.47 Å². The molecule has 0 amide bonds. The summed E-state index contributed by atoms with van der Waals surface area (Å²) in [6.07, 6.45) is 1.09. The first kappa shape index (κ1) is 15.3. The third kappa shape index (κ3) is 5.60. The average molecular weight is 286 g/mol. The Morgan fingerprint density at radius 2 is 2.11 bits per heavy atom. The van der Waals surface area contributed by atoms with Crippen molar-refractivity contribution >= 4 is 21.6 Å². The summed E-state index contributed by atoms with van der Waals surface area (Å²) in [5.74, 6) is 0.502. The van der Waals surface area contributed by atoms with Gasteiger partial charge in [-0.3, -0.25) is 10.1 Å². The topological polar surface area (TPSA) is 88.5 Å². The van der Waals surface area contributed by atoms with Gasteiger partial charge in [0.05, 0.1) is 18.6 Å². The number of sulfonamides is 1. The van der Waals surface area contributed by atoms with Gasteiger partial charge in [0, 0.05) is 6.07 Å². The van der Waals surface area contributed by atoms with Gasteiger partial charge in [-0.05, 0) is 25.5 Å². The van der Waals surface area contributed by atoms with Crippen LogP contribution in [0.2, 0.25) is 0 Å². The van der Waals surface area contributed by atoms with Gasteiger partial charge >= 0.3 is 0 Å². The Labute approximate surface area is 113 Å². The van der Waals surface area contributed by atoms with Crippen LogP contribution in [0.15, 0.2) is 18.2 Å². The second kappa shape index (κ2) is 6.42. The Morgan fingerprint density at radius 3 is 2.68 bits per heavy atom. The first-order valence-corrected chi connectivity index (χ1v) is 7.62. The third-order valence-corrected chi connectivity index (χ3v) is 2.78. The molecule has 1 rings (SSSR count).